The molecule has 1 aliphatic rings. The van der Waals surface area contributed by atoms with Crippen LogP contribution >= 0.6 is 0 Å². The molecule has 1 heterocycles. The van der Waals surface area contributed by atoms with Gasteiger partial charge in [0.05, 0.1) is 0 Å². The second-order valence-corrected chi connectivity index (χ2v) is 16.3. The van der Waals surface area contributed by atoms with Crippen molar-refractivity contribution in [2.45, 2.75) is 6.42 Å². The molecule has 0 fully saturated rings. The number of hydrogen-bond acceptors (Lipinski definition) is 1. The summed E-state index contributed by atoms with van der Waals surface area (Å²) in [5.74, 6) is 0. The molecular formula is C59H36O. The van der Waals surface area contributed by atoms with Crippen LogP contribution in [0.25, 0.3) is 121 Å². The van der Waals surface area contributed by atoms with E-state index in [2.05, 4.69) is 206 Å². The average molecular weight is 761 g/mol. The summed E-state index contributed by atoms with van der Waals surface area (Å²) in [4.78, 5) is 0. The van der Waals surface area contributed by atoms with E-state index in [-0.39, 0.29) is 0 Å². The van der Waals surface area contributed by atoms with Crippen molar-refractivity contribution in [2.24, 2.45) is 0 Å². The first-order valence-corrected chi connectivity index (χ1v) is 20.9. The smallest absolute Gasteiger partial charge is 0.136 e. The van der Waals surface area contributed by atoms with Gasteiger partial charge in [-0.05, 0) is 141 Å². The fourth-order valence-corrected chi connectivity index (χ4v) is 10.3. The number of rotatable bonds is 4. The van der Waals surface area contributed by atoms with Gasteiger partial charge in [0.2, 0.25) is 0 Å². The summed E-state index contributed by atoms with van der Waals surface area (Å²) in [5.41, 5.74) is 17.2. The molecule has 278 valence electrons. The minimum atomic E-state index is 0.914. The van der Waals surface area contributed by atoms with Crippen molar-refractivity contribution in [3.8, 4) is 55.6 Å². The molecule has 0 saturated heterocycles. The Hall–Kier alpha value is -7.74. The molecule has 0 unspecified atom stereocenters. The zero-order valence-corrected chi connectivity index (χ0v) is 32.7. The minimum Gasteiger partial charge on any atom is -0.456 e. The van der Waals surface area contributed by atoms with Gasteiger partial charge in [-0.25, -0.2) is 0 Å². The molecule has 13 rings (SSSR count). The topological polar surface area (TPSA) is 13.1 Å². The van der Waals surface area contributed by atoms with E-state index < -0.39 is 0 Å². The van der Waals surface area contributed by atoms with Crippen LogP contribution in [0.15, 0.2) is 211 Å². The monoisotopic (exact) mass is 760 g/mol. The van der Waals surface area contributed by atoms with Crippen LogP contribution in [0.3, 0.4) is 0 Å². The first kappa shape index (κ1) is 33.3. The molecule has 1 aromatic heterocycles. The molecule has 0 saturated carbocycles. The van der Waals surface area contributed by atoms with Gasteiger partial charge in [-0.15, -0.1) is 0 Å². The van der Waals surface area contributed by atoms with Crippen molar-refractivity contribution >= 4 is 65.0 Å². The number of fused-ring (bicyclic) bond motifs is 12. The summed E-state index contributed by atoms with van der Waals surface area (Å²) >= 11 is 0. The van der Waals surface area contributed by atoms with Crippen LogP contribution < -0.4 is 0 Å². The summed E-state index contributed by atoms with van der Waals surface area (Å²) in [6, 6.07) is 76.0. The maximum atomic E-state index is 6.31. The highest BCUT2D eigenvalue weighted by molar-refractivity contribution is 6.22. The molecule has 12 aromatic rings. The summed E-state index contributed by atoms with van der Waals surface area (Å²) in [6.07, 6.45) is 0.993. The van der Waals surface area contributed by atoms with Crippen molar-refractivity contribution in [3.63, 3.8) is 0 Å². The lowest BCUT2D eigenvalue weighted by atomic mass is 9.85. The molecule has 0 N–H and O–H groups in total. The average Bonchev–Trinajstić information content (AvgIpc) is 3.89. The molecule has 60 heavy (non-hydrogen) atoms. The van der Waals surface area contributed by atoms with E-state index in [1.807, 2.05) is 0 Å². The van der Waals surface area contributed by atoms with Gasteiger partial charge in [-0.2, -0.15) is 0 Å². The van der Waals surface area contributed by atoms with Crippen LogP contribution in [0.4, 0.5) is 0 Å². The lowest BCUT2D eigenvalue weighted by Crippen LogP contribution is -1.91. The van der Waals surface area contributed by atoms with Gasteiger partial charge in [0.15, 0.2) is 0 Å². The van der Waals surface area contributed by atoms with E-state index in [4.69, 9.17) is 4.42 Å². The number of furan rings is 1. The Morgan fingerprint density at radius 1 is 0.283 bits per heavy atom. The third-order valence-corrected chi connectivity index (χ3v) is 13.1. The third kappa shape index (κ3) is 4.99. The predicted octanol–water partition coefficient (Wildman–Crippen LogP) is 16.4. The second-order valence-electron chi connectivity index (χ2n) is 16.3. The van der Waals surface area contributed by atoms with Crippen LogP contribution in [0.5, 0.6) is 0 Å². The highest BCUT2D eigenvalue weighted by Gasteiger charge is 2.22. The Morgan fingerprint density at radius 3 is 1.37 bits per heavy atom. The fourth-order valence-electron chi connectivity index (χ4n) is 10.3. The van der Waals surface area contributed by atoms with Crippen molar-refractivity contribution in [1.82, 2.24) is 0 Å². The van der Waals surface area contributed by atoms with Crippen LogP contribution in [0.2, 0.25) is 0 Å². The maximum absolute atomic E-state index is 6.31. The lowest BCUT2D eigenvalue weighted by Gasteiger charge is -2.18. The molecule has 0 bridgehead atoms. The zero-order valence-electron chi connectivity index (χ0n) is 32.7. The summed E-state index contributed by atoms with van der Waals surface area (Å²) in [6.45, 7) is 0. The molecule has 0 radical (unpaired) electrons. The van der Waals surface area contributed by atoms with Gasteiger partial charge in [-0.3, -0.25) is 0 Å². The van der Waals surface area contributed by atoms with Gasteiger partial charge >= 0.3 is 0 Å². The zero-order chi connectivity index (χ0) is 39.3. The summed E-state index contributed by atoms with van der Waals surface area (Å²) in [5, 5.41) is 12.4. The van der Waals surface area contributed by atoms with Crippen molar-refractivity contribution < 1.29 is 4.42 Å². The minimum absolute atomic E-state index is 0.914. The van der Waals surface area contributed by atoms with Gasteiger partial charge in [-0.1, -0.05) is 182 Å². The highest BCUT2D eigenvalue weighted by atomic mass is 16.3. The normalized spacial score (nSPS) is 12.3. The Morgan fingerprint density at radius 2 is 0.733 bits per heavy atom. The molecular weight excluding hydrogens is 725 g/mol. The van der Waals surface area contributed by atoms with Gasteiger partial charge in [0, 0.05) is 10.8 Å². The fraction of sp³-hybridized carbons (Fsp3) is 0.0169. The summed E-state index contributed by atoms with van der Waals surface area (Å²) < 4.78 is 6.31. The van der Waals surface area contributed by atoms with E-state index in [1.54, 1.807) is 0 Å². The lowest BCUT2D eigenvalue weighted by molar-refractivity contribution is 0.669. The second kappa shape index (κ2) is 12.9. The quantitative estimate of drug-likeness (QED) is 0.163. The van der Waals surface area contributed by atoms with Gasteiger partial charge < -0.3 is 4.42 Å². The third-order valence-electron chi connectivity index (χ3n) is 13.1. The van der Waals surface area contributed by atoms with Gasteiger partial charge in [0.1, 0.15) is 11.2 Å². The standard InChI is InChI=1S/C59H36O/c1-3-11-46-38(9-1)21-28-45-33-44-27-26-42(34-52(44)58(45)46)36-17-22-40(23-18-36)56-48-13-5-7-15-50(48)57(51-16-8-6-14-49(51)56)41-24-19-37(20-25-41)43-30-31-54-53(35-43)59-47-12-4-2-10-39(47)29-32-55(59)60-54/h1-32,34-35H,33H2. The van der Waals surface area contributed by atoms with Crippen molar-refractivity contribution in [2.75, 3.05) is 0 Å². The molecule has 1 nitrogen and oxygen atoms in total. The Bertz CT molecular complexity index is 3660. The molecule has 0 spiro atoms. The van der Waals surface area contributed by atoms with Crippen LogP contribution in [-0.4, -0.2) is 0 Å². The molecule has 1 heteroatoms. The van der Waals surface area contributed by atoms with E-state index in [9.17, 15) is 0 Å². The van der Waals surface area contributed by atoms with Crippen LogP contribution in [0.1, 0.15) is 11.1 Å². The maximum Gasteiger partial charge on any atom is 0.136 e. The number of benzene rings is 11. The number of hydrogen-bond donors (Lipinski definition) is 0. The SMILES string of the molecule is c1ccc2c3c(ccc2c1)Cc1ccc(-c2ccc(-c4c5ccccc5c(-c5ccc(-c6ccc7oc8ccc9ccccc9c8c7c6)cc5)c5ccccc45)cc2)cc1-3. The Labute approximate surface area is 347 Å². The molecule has 0 atom stereocenters. The van der Waals surface area contributed by atoms with E-state index in [0.717, 1.165) is 23.0 Å². The Balaban J connectivity index is 0.892. The van der Waals surface area contributed by atoms with E-state index in [0.29, 0.717) is 0 Å². The van der Waals surface area contributed by atoms with E-state index in [1.165, 1.54) is 115 Å². The molecule has 1 aliphatic carbocycles. The van der Waals surface area contributed by atoms with Gasteiger partial charge in [0.25, 0.3) is 0 Å². The molecule has 0 amide bonds. The molecule has 0 aliphatic heterocycles. The molecule has 11 aromatic carbocycles. The van der Waals surface area contributed by atoms with E-state index >= 15 is 0 Å². The van der Waals surface area contributed by atoms with Crippen molar-refractivity contribution in [3.05, 3.63) is 217 Å². The first-order valence-electron chi connectivity index (χ1n) is 20.9. The summed E-state index contributed by atoms with van der Waals surface area (Å²) in [7, 11) is 0. The first-order chi connectivity index (χ1) is 29.7. The van der Waals surface area contributed by atoms with Crippen LogP contribution in [-0.2, 0) is 6.42 Å². The Kier molecular flexibility index (Phi) is 7.14. The van der Waals surface area contributed by atoms with Crippen molar-refractivity contribution in [1.29, 1.82) is 0 Å². The highest BCUT2D eigenvalue weighted by Crippen LogP contribution is 2.46. The largest absolute Gasteiger partial charge is 0.456 e. The predicted molar refractivity (Wildman–Crippen MR) is 254 cm³/mol. The van der Waals surface area contributed by atoms with Crippen LogP contribution in [0, 0.1) is 0 Å².